The molecule has 4 nitrogen and oxygen atoms in total. The molecule has 1 unspecified atom stereocenters. The molecule has 1 amide bonds. The van der Waals surface area contributed by atoms with Crippen LogP contribution in [0.3, 0.4) is 0 Å². The summed E-state index contributed by atoms with van der Waals surface area (Å²) in [6.45, 7) is 2.34. The van der Waals surface area contributed by atoms with Gasteiger partial charge in [-0.3, -0.25) is 4.79 Å². The number of ether oxygens (including phenoxy) is 1. The van der Waals surface area contributed by atoms with Crippen molar-refractivity contribution in [3.05, 3.63) is 23.8 Å². The number of amides is 1. The highest BCUT2D eigenvalue weighted by Crippen LogP contribution is 2.35. The van der Waals surface area contributed by atoms with E-state index in [1.165, 1.54) is 0 Å². The van der Waals surface area contributed by atoms with Crippen molar-refractivity contribution in [2.75, 3.05) is 26.0 Å². The number of hydrogen-bond acceptors (Lipinski definition) is 3. The van der Waals surface area contributed by atoms with Gasteiger partial charge in [0, 0.05) is 31.8 Å². The number of methoxy groups -OCH3 is 1. The van der Waals surface area contributed by atoms with E-state index in [9.17, 15) is 4.79 Å². The van der Waals surface area contributed by atoms with Gasteiger partial charge in [0.25, 0.3) is 0 Å². The van der Waals surface area contributed by atoms with Crippen LogP contribution in [0.25, 0.3) is 0 Å². The second-order valence-electron chi connectivity index (χ2n) is 3.98. The van der Waals surface area contributed by atoms with E-state index < -0.39 is 0 Å². The number of hydrogen-bond donors (Lipinski definition) is 1. The Bertz CT molecular complexity index is 417. The van der Waals surface area contributed by atoms with Crippen molar-refractivity contribution in [2.24, 2.45) is 0 Å². The zero-order valence-electron chi connectivity index (χ0n) is 9.78. The Kier molecular flexibility index (Phi) is 2.73. The van der Waals surface area contributed by atoms with E-state index in [0.29, 0.717) is 0 Å². The zero-order valence-corrected chi connectivity index (χ0v) is 9.78. The van der Waals surface area contributed by atoms with Crippen molar-refractivity contribution < 1.29 is 9.53 Å². The van der Waals surface area contributed by atoms with Crippen molar-refractivity contribution >= 4 is 11.6 Å². The monoisotopic (exact) mass is 220 g/mol. The molecule has 1 N–H and O–H groups in total. The number of rotatable bonds is 2. The molecule has 2 rings (SSSR count). The van der Waals surface area contributed by atoms with Crippen LogP contribution >= 0.6 is 0 Å². The minimum atomic E-state index is 0.0717. The molecule has 1 atom stereocenters. The Morgan fingerprint density at radius 2 is 2.31 bits per heavy atom. The molecule has 1 aliphatic heterocycles. The van der Waals surface area contributed by atoms with Gasteiger partial charge in [0.15, 0.2) is 0 Å². The van der Waals surface area contributed by atoms with Crippen LogP contribution in [0, 0.1) is 0 Å². The summed E-state index contributed by atoms with van der Waals surface area (Å²) in [6.07, 6.45) is 0. The minimum absolute atomic E-state index is 0.0717. The topological polar surface area (TPSA) is 41.6 Å². The molecule has 86 valence electrons. The molecule has 0 saturated carbocycles. The molecule has 0 saturated heterocycles. The Hall–Kier alpha value is -1.71. The number of carbonyl (C=O) groups excluding carboxylic acids is 1. The van der Waals surface area contributed by atoms with Gasteiger partial charge in [-0.05, 0) is 18.2 Å². The van der Waals surface area contributed by atoms with Crippen LogP contribution in [0.4, 0.5) is 5.69 Å². The van der Waals surface area contributed by atoms with Crippen molar-refractivity contribution in [1.29, 1.82) is 0 Å². The van der Waals surface area contributed by atoms with Gasteiger partial charge in [-0.1, -0.05) is 0 Å². The van der Waals surface area contributed by atoms with E-state index in [2.05, 4.69) is 5.32 Å². The van der Waals surface area contributed by atoms with Gasteiger partial charge in [0.05, 0.1) is 13.2 Å². The molecular weight excluding hydrogens is 204 g/mol. The fourth-order valence-corrected chi connectivity index (χ4v) is 1.99. The molecule has 16 heavy (non-hydrogen) atoms. The second-order valence-corrected chi connectivity index (χ2v) is 3.98. The van der Waals surface area contributed by atoms with E-state index in [0.717, 1.165) is 23.5 Å². The number of fused-ring (bicyclic) bond motifs is 1. The van der Waals surface area contributed by atoms with Crippen LogP contribution in [-0.4, -0.2) is 31.5 Å². The van der Waals surface area contributed by atoms with Gasteiger partial charge >= 0.3 is 0 Å². The Morgan fingerprint density at radius 3 is 2.94 bits per heavy atom. The van der Waals surface area contributed by atoms with E-state index in [-0.39, 0.29) is 11.9 Å². The van der Waals surface area contributed by atoms with Crippen LogP contribution in [-0.2, 0) is 4.79 Å². The highest BCUT2D eigenvalue weighted by molar-refractivity contribution is 5.75. The largest absolute Gasteiger partial charge is 0.497 e. The highest BCUT2D eigenvalue weighted by Gasteiger charge is 2.27. The van der Waals surface area contributed by atoms with Crippen molar-refractivity contribution in [3.63, 3.8) is 0 Å². The van der Waals surface area contributed by atoms with Gasteiger partial charge in [-0.15, -0.1) is 0 Å². The summed E-state index contributed by atoms with van der Waals surface area (Å²) in [7, 11) is 3.47. The summed E-state index contributed by atoms with van der Waals surface area (Å²) in [4.78, 5) is 13.1. The molecule has 1 heterocycles. The third-order valence-corrected chi connectivity index (χ3v) is 3.07. The van der Waals surface area contributed by atoms with Crippen molar-refractivity contribution in [3.8, 4) is 5.75 Å². The first kappa shape index (κ1) is 10.8. The summed E-state index contributed by atoms with van der Waals surface area (Å²) >= 11 is 0. The second kappa shape index (κ2) is 4.04. The normalized spacial score (nSPS) is 17.6. The first-order valence-electron chi connectivity index (χ1n) is 5.28. The summed E-state index contributed by atoms with van der Waals surface area (Å²) in [6, 6.07) is 5.99. The standard InChI is InChI=1S/C12H16N2O2/c1-8(15)14(2)12-7-13-11-5-4-9(16-3)6-10(11)12/h4-6,12-13H,7H2,1-3H3. The van der Waals surface area contributed by atoms with Gasteiger partial charge in [0.2, 0.25) is 5.91 Å². The molecule has 1 aliphatic rings. The predicted molar refractivity (Wildman–Crippen MR) is 62.7 cm³/mol. The van der Waals surface area contributed by atoms with Crippen LogP contribution in [0.1, 0.15) is 18.5 Å². The maximum absolute atomic E-state index is 11.4. The summed E-state index contributed by atoms with van der Waals surface area (Å²) in [5, 5.41) is 3.29. The lowest BCUT2D eigenvalue weighted by Crippen LogP contribution is -2.30. The Labute approximate surface area is 95.2 Å². The van der Waals surface area contributed by atoms with E-state index in [1.54, 1.807) is 18.9 Å². The van der Waals surface area contributed by atoms with E-state index in [4.69, 9.17) is 4.74 Å². The van der Waals surface area contributed by atoms with E-state index in [1.807, 2.05) is 25.2 Å². The van der Waals surface area contributed by atoms with Crippen LogP contribution < -0.4 is 10.1 Å². The molecule has 0 spiro atoms. The summed E-state index contributed by atoms with van der Waals surface area (Å²) in [5.74, 6) is 0.895. The van der Waals surface area contributed by atoms with Crippen LogP contribution in [0.2, 0.25) is 0 Å². The van der Waals surface area contributed by atoms with Gasteiger partial charge in [-0.25, -0.2) is 0 Å². The lowest BCUT2D eigenvalue weighted by molar-refractivity contribution is -0.129. The number of nitrogens with zero attached hydrogens (tertiary/aromatic N) is 1. The van der Waals surface area contributed by atoms with Crippen LogP contribution in [0.15, 0.2) is 18.2 Å². The smallest absolute Gasteiger partial charge is 0.219 e. The molecule has 0 aliphatic carbocycles. The molecule has 0 fully saturated rings. The average Bonchev–Trinajstić information content (AvgIpc) is 2.70. The lowest BCUT2D eigenvalue weighted by atomic mass is 10.1. The maximum atomic E-state index is 11.4. The maximum Gasteiger partial charge on any atom is 0.219 e. The summed E-state index contributed by atoms with van der Waals surface area (Å²) in [5.41, 5.74) is 2.20. The molecule has 0 radical (unpaired) electrons. The third-order valence-electron chi connectivity index (χ3n) is 3.07. The minimum Gasteiger partial charge on any atom is -0.497 e. The first-order valence-corrected chi connectivity index (χ1v) is 5.28. The summed E-state index contributed by atoms with van der Waals surface area (Å²) < 4.78 is 5.20. The number of nitrogens with one attached hydrogen (secondary N) is 1. The fourth-order valence-electron chi connectivity index (χ4n) is 1.99. The highest BCUT2D eigenvalue weighted by atomic mass is 16.5. The lowest BCUT2D eigenvalue weighted by Gasteiger charge is -2.23. The molecule has 1 aromatic rings. The van der Waals surface area contributed by atoms with Gasteiger partial charge in [-0.2, -0.15) is 0 Å². The van der Waals surface area contributed by atoms with Crippen molar-refractivity contribution in [2.45, 2.75) is 13.0 Å². The quantitative estimate of drug-likeness (QED) is 0.823. The first-order chi connectivity index (χ1) is 7.63. The van der Waals surface area contributed by atoms with E-state index >= 15 is 0 Å². The third kappa shape index (κ3) is 1.71. The number of carbonyl (C=O) groups is 1. The SMILES string of the molecule is COc1ccc2c(c1)C(N(C)C(C)=O)CN2. The Morgan fingerprint density at radius 1 is 1.56 bits per heavy atom. The fraction of sp³-hybridized carbons (Fsp3) is 0.417. The molecule has 4 heteroatoms. The molecule has 1 aromatic carbocycles. The van der Waals surface area contributed by atoms with Crippen LogP contribution in [0.5, 0.6) is 5.75 Å². The molecular formula is C12H16N2O2. The number of anilines is 1. The van der Waals surface area contributed by atoms with Crippen molar-refractivity contribution in [1.82, 2.24) is 4.90 Å². The Balaban J connectivity index is 2.34. The molecule has 0 bridgehead atoms. The number of likely N-dealkylation sites (N-methyl/N-ethyl adjacent to an activating group) is 1. The number of benzene rings is 1. The average molecular weight is 220 g/mol. The van der Waals surface area contributed by atoms with Gasteiger partial charge in [0.1, 0.15) is 5.75 Å². The predicted octanol–water partition coefficient (Wildman–Crippen LogP) is 1.64. The van der Waals surface area contributed by atoms with Gasteiger partial charge < -0.3 is 15.0 Å². The molecule has 0 aromatic heterocycles. The zero-order chi connectivity index (χ0) is 11.7.